The Morgan fingerprint density at radius 3 is 2.25 bits per heavy atom. The third kappa shape index (κ3) is 12.6. The normalized spacial score (nSPS) is 19.3. The van der Waals surface area contributed by atoms with Gasteiger partial charge in [0.25, 0.3) is 11.8 Å². The van der Waals surface area contributed by atoms with Crippen molar-refractivity contribution in [3.05, 3.63) is 77.7 Å². The minimum atomic E-state index is -1.02. The van der Waals surface area contributed by atoms with Gasteiger partial charge in [-0.25, -0.2) is 9.97 Å². The second-order valence-electron chi connectivity index (χ2n) is 17.4. The molecule has 18 nitrogen and oxygen atoms in total. The van der Waals surface area contributed by atoms with Crippen LogP contribution in [0.2, 0.25) is 0 Å². The van der Waals surface area contributed by atoms with E-state index in [0.717, 1.165) is 60.0 Å². The largest absolute Gasteiger partial charge is 0.382 e. The fourth-order valence-electron chi connectivity index (χ4n) is 8.77. The lowest BCUT2D eigenvalue weighted by Crippen LogP contribution is -2.54. The number of carbonyl (C=O) groups is 6. The van der Waals surface area contributed by atoms with E-state index in [9.17, 15) is 28.8 Å². The first kappa shape index (κ1) is 47.3. The summed E-state index contributed by atoms with van der Waals surface area (Å²) in [5.41, 5.74) is 3.12. The summed E-state index contributed by atoms with van der Waals surface area (Å²) in [5.74, 6) is -0.283. The van der Waals surface area contributed by atoms with Crippen LogP contribution in [0, 0.1) is 11.8 Å². The van der Waals surface area contributed by atoms with E-state index in [1.165, 1.54) is 0 Å². The monoisotopic (exact) mass is 918 g/mol. The molecule has 5 heterocycles. The first-order chi connectivity index (χ1) is 32.7. The van der Waals surface area contributed by atoms with Crippen LogP contribution in [0.15, 0.2) is 61.1 Å². The number of amides is 4. The van der Waals surface area contributed by atoms with Gasteiger partial charge in [0.05, 0.1) is 74.1 Å². The molecule has 3 fully saturated rings. The van der Waals surface area contributed by atoms with Crippen LogP contribution >= 0.6 is 0 Å². The number of aromatic nitrogens is 3. The van der Waals surface area contributed by atoms with Crippen molar-refractivity contribution in [1.29, 1.82) is 0 Å². The maximum atomic E-state index is 13.6. The third-order valence-corrected chi connectivity index (χ3v) is 12.5. The van der Waals surface area contributed by atoms with Gasteiger partial charge in [0.2, 0.25) is 11.8 Å². The summed E-state index contributed by atoms with van der Waals surface area (Å²) in [6, 6.07) is 11.9. The Hall–Kier alpha value is -6.21. The standard InChI is InChI=1S/C49H58N8O10/c58-41(32-8-6-31(7-9-32)27-42(59)36-30-52-44(28-39(36)53-34-11-12-34)55-43-14-10-33-29-50-17-16-37(33)54-43)5-2-19-64-21-23-66-25-26-67-24-22-65-20-18-51-38-4-1-3-35-46(38)49(63)57(48(35)62)40-13-15-45(60)56-47(40)61/h1,3-4,10,14,16-17,28-32,34,40,51H,2,5-9,11-13,15,18-27H2,(H,56,60,61)(H2,52,53,54,55). The third-order valence-electron chi connectivity index (χ3n) is 12.5. The van der Waals surface area contributed by atoms with E-state index in [-0.39, 0.29) is 47.4 Å². The molecular formula is C49H58N8O10. The average molecular weight is 919 g/mol. The zero-order valence-corrected chi connectivity index (χ0v) is 37.6. The van der Waals surface area contributed by atoms with Crippen LogP contribution in [0.5, 0.6) is 0 Å². The summed E-state index contributed by atoms with van der Waals surface area (Å²) in [7, 11) is 0. The van der Waals surface area contributed by atoms with E-state index in [2.05, 4.69) is 36.2 Å². The van der Waals surface area contributed by atoms with Gasteiger partial charge in [0, 0.05) is 80.1 Å². The summed E-state index contributed by atoms with van der Waals surface area (Å²) < 4.78 is 22.5. The van der Waals surface area contributed by atoms with Gasteiger partial charge in [0.15, 0.2) is 5.78 Å². The molecule has 4 amide bonds. The minimum absolute atomic E-state index is 0.0348. The molecule has 0 spiro atoms. The van der Waals surface area contributed by atoms with Crippen LogP contribution in [0.4, 0.5) is 23.0 Å². The Kier molecular flexibility index (Phi) is 16.2. The van der Waals surface area contributed by atoms with E-state index in [0.29, 0.717) is 108 Å². The highest BCUT2D eigenvalue weighted by Gasteiger charge is 2.45. The van der Waals surface area contributed by atoms with Gasteiger partial charge in [0.1, 0.15) is 23.5 Å². The summed E-state index contributed by atoms with van der Waals surface area (Å²) in [4.78, 5) is 91.1. The number of Topliss-reactive ketones (excluding diaryl/α,β-unsaturated/α-hetero) is 2. The van der Waals surface area contributed by atoms with Crippen LogP contribution in [0.3, 0.4) is 0 Å². The molecule has 4 aromatic rings. The van der Waals surface area contributed by atoms with Crippen LogP contribution in [0.25, 0.3) is 10.9 Å². The van der Waals surface area contributed by atoms with E-state index >= 15 is 0 Å². The number of ether oxygens (including phenoxy) is 4. The molecule has 0 radical (unpaired) electrons. The topological polar surface area (TPSA) is 229 Å². The molecule has 18 heteroatoms. The van der Waals surface area contributed by atoms with Crippen molar-refractivity contribution >= 4 is 69.1 Å². The second-order valence-corrected chi connectivity index (χ2v) is 17.4. The molecule has 0 bridgehead atoms. The highest BCUT2D eigenvalue weighted by Crippen LogP contribution is 2.36. The summed E-state index contributed by atoms with van der Waals surface area (Å²) in [6.45, 7) is 3.56. The van der Waals surface area contributed by atoms with Crippen molar-refractivity contribution in [1.82, 2.24) is 25.2 Å². The molecule has 1 saturated heterocycles. The number of imide groups is 2. The molecular weight excluding hydrogens is 861 g/mol. The van der Waals surface area contributed by atoms with E-state index in [4.69, 9.17) is 18.9 Å². The van der Waals surface area contributed by atoms with Gasteiger partial charge in [-0.05, 0) is 87.6 Å². The number of hydrogen-bond donors (Lipinski definition) is 4. The van der Waals surface area contributed by atoms with Crippen molar-refractivity contribution in [2.75, 3.05) is 75.4 Å². The number of carbonyl (C=O) groups excluding carboxylic acids is 6. The zero-order chi connectivity index (χ0) is 46.5. The first-order valence-electron chi connectivity index (χ1n) is 23.4. The van der Waals surface area contributed by atoms with Gasteiger partial charge in [-0.15, -0.1) is 0 Å². The lowest BCUT2D eigenvalue weighted by atomic mass is 9.77. The highest BCUT2D eigenvalue weighted by molar-refractivity contribution is 6.25. The quantitative estimate of drug-likeness (QED) is 0.0339. The van der Waals surface area contributed by atoms with Crippen molar-refractivity contribution in [3.8, 4) is 0 Å². The smallest absolute Gasteiger partial charge is 0.264 e. The molecule has 354 valence electrons. The number of nitrogens with zero attached hydrogens (tertiary/aromatic N) is 4. The number of fused-ring (bicyclic) bond motifs is 2. The highest BCUT2D eigenvalue weighted by atomic mass is 16.6. The number of rotatable bonds is 26. The van der Waals surface area contributed by atoms with E-state index in [1.54, 1.807) is 36.8 Å². The number of anilines is 4. The minimum Gasteiger partial charge on any atom is -0.382 e. The molecule has 2 saturated carbocycles. The van der Waals surface area contributed by atoms with Crippen LogP contribution < -0.4 is 21.3 Å². The van der Waals surface area contributed by atoms with Gasteiger partial charge in [-0.1, -0.05) is 6.07 Å². The molecule has 4 aliphatic rings. The fourth-order valence-corrected chi connectivity index (χ4v) is 8.77. The number of hydrogen-bond acceptors (Lipinski definition) is 16. The fraction of sp³-hybridized carbons (Fsp3) is 0.490. The molecule has 2 aliphatic carbocycles. The molecule has 67 heavy (non-hydrogen) atoms. The van der Waals surface area contributed by atoms with Crippen molar-refractivity contribution in [2.45, 2.75) is 82.7 Å². The Morgan fingerprint density at radius 1 is 0.761 bits per heavy atom. The van der Waals surface area contributed by atoms with E-state index < -0.39 is 29.7 Å². The Labute approximate surface area is 388 Å². The SMILES string of the molecule is O=C1CCC(N2C(=O)c3cccc(NCCOCCOCCOCCOCCCC(=O)C4CCC(CC(=O)c5cnc(Nc6ccc7cnccc7n6)cc5NC5CC5)CC4)c3C2=O)C(=O)N1. The van der Waals surface area contributed by atoms with Crippen molar-refractivity contribution in [2.24, 2.45) is 11.8 Å². The predicted molar refractivity (Wildman–Crippen MR) is 247 cm³/mol. The Balaban J connectivity index is 0.629. The number of benzene rings is 1. The van der Waals surface area contributed by atoms with Crippen LogP contribution in [0.1, 0.15) is 102 Å². The van der Waals surface area contributed by atoms with Crippen LogP contribution in [-0.4, -0.2) is 127 Å². The molecule has 4 N–H and O–H groups in total. The summed E-state index contributed by atoms with van der Waals surface area (Å²) >= 11 is 0. The van der Waals surface area contributed by atoms with Gasteiger partial charge < -0.3 is 34.9 Å². The lowest BCUT2D eigenvalue weighted by molar-refractivity contribution is -0.136. The number of pyridine rings is 3. The Bertz CT molecular complexity index is 2440. The molecule has 3 aromatic heterocycles. The van der Waals surface area contributed by atoms with Crippen LogP contribution in [-0.2, 0) is 33.3 Å². The lowest BCUT2D eigenvalue weighted by Gasteiger charge is -2.27. The zero-order valence-electron chi connectivity index (χ0n) is 37.6. The number of ketones is 2. The molecule has 8 rings (SSSR count). The van der Waals surface area contributed by atoms with Gasteiger partial charge >= 0.3 is 0 Å². The van der Waals surface area contributed by atoms with E-state index in [1.807, 2.05) is 24.3 Å². The number of piperidine rings is 1. The molecule has 1 unspecified atom stereocenters. The Morgan fingerprint density at radius 2 is 1.51 bits per heavy atom. The van der Waals surface area contributed by atoms with Crippen molar-refractivity contribution in [3.63, 3.8) is 0 Å². The van der Waals surface area contributed by atoms with Crippen molar-refractivity contribution < 1.29 is 47.7 Å². The second kappa shape index (κ2) is 23.0. The maximum Gasteiger partial charge on any atom is 0.264 e. The summed E-state index contributed by atoms with van der Waals surface area (Å²) in [5, 5.41) is 13.1. The summed E-state index contributed by atoms with van der Waals surface area (Å²) in [6.07, 6.45) is 12.4. The average Bonchev–Trinajstić information content (AvgIpc) is 4.11. The number of nitrogens with one attached hydrogen (secondary N) is 4. The molecule has 2 aliphatic heterocycles. The first-order valence-corrected chi connectivity index (χ1v) is 23.4. The van der Waals surface area contributed by atoms with Gasteiger partial charge in [-0.3, -0.25) is 44.0 Å². The molecule has 1 atom stereocenters. The predicted octanol–water partition coefficient (Wildman–Crippen LogP) is 5.65. The van der Waals surface area contributed by atoms with Gasteiger partial charge in [-0.2, -0.15) is 0 Å². The molecule has 1 aromatic carbocycles. The maximum absolute atomic E-state index is 13.6.